The largest absolute Gasteiger partial charge is 0.347 e. The summed E-state index contributed by atoms with van der Waals surface area (Å²) in [5.41, 5.74) is 0. The summed E-state index contributed by atoms with van der Waals surface area (Å²) in [6.45, 7) is 17.1. The third-order valence-electron chi connectivity index (χ3n) is 2.53. The molecule has 0 aromatic heterocycles. The topological polar surface area (TPSA) is 26.7 Å². The Morgan fingerprint density at radius 3 is 0.938 bits per heavy atom. The molecule has 0 aromatic rings. The average molecular weight is 248 g/mol. The Bertz CT molecular complexity index is 159. The van der Waals surface area contributed by atoms with Gasteiger partial charge in [0, 0.05) is 24.2 Å². The summed E-state index contributed by atoms with van der Waals surface area (Å²) in [4.78, 5) is 10.6. The molecular weight excluding hydrogens is 219 g/mol. The van der Waals surface area contributed by atoms with Crippen LogP contribution in [0.3, 0.4) is 0 Å². The smallest absolute Gasteiger partial charge is 0.186 e. The Labute approximate surface area is 103 Å². The second kappa shape index (κ2) is 6.90. The average Bonchev–Trinajstić information content (AvgIpc) is 1.99. The first-order chi connectivity index (χ1) is 7.20. The van der Waals surface area contributed by atoms with Gasteiger partial charge in [0.1, 0.15) is 0 Å². The first kappa shape index (κ1) is 16.3. The van der Waals surface area contributed by atoms with E-state index in [1.165, 1.54) is 0 Å². The molecule has 0 unspecified atom stereocenters. The fourth-order valence-corrected chi connectivity index (χ4v) is 4.03. The highest BCUT2D eigenvalue weighted by Crippen LogP contribution is 2.45. The molecule has 0 aromatic carbocycles. The van der Waals surface area contributed by atoms with Crippen molar-refractivity contribution >= 4 is 8.45 Å². The lowest BCUT2D eigenvalue weighted by molar-refractivity contribution is 0.222. The van der Waals surface area contributed by atoms with Crippen LogP contribution >= 0.6 is 8.45 Å². The van der Waals surface area contributed by atoms with Crippen molar-refractivity contribution in [3.8, 4) is 0 Å². The molecule has 0 aliphatic heterocycles. The van der Waals surface area contributed by atoms with Crippen LogP contribution in [0, 0.1) is 0 Å². The van der Waals surface area contributed by atoms with Crippen LogP contribution in [0.5, 0.6) is 0 Å². The van der Waals surface area contributed by atoms with Crippen LogP contribution < -0.4 is 0 Å². The van der Waals surface area contributed by atoms with Gasteiger partial charge in [-0.3, -0.25) is 0 Å². The summed E-state index contributed by atoms with van der Waals surface area (Å²) in [5, 5.41) is 0. The Hall–Kier alpha value is 0.310. The molecule has 0 aliphatic rings. The maximum absolute atomic E-state index is 10.6. The van der Waals surface area contributed by atoms with Gasteiger partial charge in [-0.1, -0.05) is 0 Å². The Morgan fingerprint density at radius 1 is 0.625 bits per heavy atom. The summed E-state index contributed by atoms with van der Waals surface area (Å²) < 4.78 is 4.41. The highest BCUT2D eigenvalue weighted by Gasteiger charge is 2.31. The summed E-state index contributed by atoms with van der Waals surface area (Å²) in [6, 6.07) is 1.49. The molecule has 0 radical (unpaired) electrons. The second-order valence-corrected chi connectivity index (χ2v) is 6.86. The predicted octanol–water partition coefficient (Wildman–Crippen LogP) is 3.44. The van der Waals surface area contributed by atoms with Gasteiger partial charge in [0.15, 0.2) is 8.45 Å². The molecule has 0 heterocycles. The lowest BCUT2D eigenvalue weighted by Crippen LogP contribution is -2.42. The van der Waals surface area contributed by atoms with Gasteiger partial charge >= 0.3 is 0 Å². The molecule has 0 amide bonds. The van der Waals surface area contributed by atoms with Crippen molar-refractivity contribution in [3.05, 3.63) is 0 Å². The van der Waals surface area contributed by atoms with Crippen LogP contribution in [-0.2, 0) is 0 Å². The van der Waals surface area contributed by atoms with Gasteiger partial charge in [-0.25, -0.2) is 9.34 Å². The van der Waals surface area contributed by atoms with Crippen LogP contribution in [0.15, 0.2) is 0 Å². The molecule has 98 valence electrons. The van der Waals surface area contributed by atoms with Crippen molar-refractivity contribution in [3.63, 3.8) is 0 Å². The fourth-order valence-electron chi connectivity index (χ4n) is 2.14. The van der Waals surface area contributed by atoms with Gasteiger partial charge in [-0.15, -0.1) is 0 Å². The number of nitrogens with zero attached hydrogens (tertiary/aromatic N) is 2. The third-order valence-corrected chi connectivity index (χ3v) is 5.20. The third kappa shape index (κ3) is 4.29. The zero-order valence-corrected chi connectivity index (χ0v) is 13.0. The van der Waals surface area contributed by atoms with E-state index in [1.807, 2.05) is 0 Å². The zero-order chi connectivity index (χ0) is 13.0. The maximum Gasteiger partial charge on any atom is 0.186 e. The molecule has 0 fully saturated rings. The minimum absolute atomic E-state index is 0.371. The SMILES string of the molecule is CC(C)N(C(C)C)P(O)N(C(C)C)C(C)C. The second-order valence-electron chi connectivity index (χ2n) is 5.40. The minimum Gasteiger partial charge on any atom is -0.347 e. The van der Waals surface area contributed by atoms with Crippen LogP contribution in [0.4, 0.5) is 0 Å². The van der Waals surface area contributed by atoms with Crippen molar-refractivity contribution in [2.45, 2.75) is 79.6 Å². The Balaban J connectivity index is 4.88. The first-order valence-electron chi connectivity index (χ1n) is 6.25. The first-order valence-corrected chi connectivity index (χ1v) is 7.45. The van der Waals surface area contributed by atoms with E-state index in [-0.39, 0.29) is 0 Å². The summed E-state index contributed by atoms with van der Waals surface area (Å²) in [6.07, 6.45) is 0. The van der Waals surface area contributed by atoms with Crippen LogP contribution in [0.25, 0.3) is 0 Å². The molecule has 0 spiro atoms. The molecule has 0 saturated heterocycles. The van der Waals surface area contributed by atoms with E-state index in [1.54, 1.807) is 0 Å². The van der Waals surface area contributed by atoms with E-state index in [0.29, 0.717) is 24.2 Å². The summed E-state index contributed by atoms with van der Waals surface area (Å²) in [7, 11) is -1.20. The zero-order valence-electron chi connectivity index (χ0n) is 12.1. The van der Waals surface area contributed by atoms with E-state index in [2.05, 4.69) is 64.7 Å². The highest BCUT2D eigenvalue weighted by molar-refractivity contribution is 7.46. The number of hydrogen-bond acceptors (Lipinski definition) is 3. The number of hydrogen-bond donors (Lipinski definition) is 1. The lowest BCUT2D eigenvalue weighted by atomic mass is 10.3. The van der Waals surface area contributed by atoms with Gasteiger partial charge in [-0.2, -0.15) is 0 Å². The van der Waals surface area contributed by atoms with E-state index < -0.39 is 8.45 Å². The molecule has 16 heavy (non-hydrogen) atoms. The van der Waals surface area contributed by atoms with Crippen molar-refractivity contribution in [1.82, 2.24) is 9.34 Å². The van der Waals surface area contributed by atoms with E-state index >= 15 is 0 Å². The van der Waals surface area contributed by atoms with Crippen molar-refractivity contribution in [1.29, 1.82) is 0 Å². The fraction of sp³-hybridized carbons (Fsp3) is 1.00. The van der Waals surface area contributed by atoms with Gasteiger partial charge in [-0.05, 0) is 55.4 Å². The summed E-state index contributed by atoms with van der Waals surface area (Å²) >= 11 is 0. The van der Waals surface area contributed by atoms with Gasteiger partial charge < -0.3 is 4.89 Å². The molecule has 0 bridgehead atoms. The minimum atomic E-state index is -1.20. The predicted molar refractivity (Wildman–Crippen MR) is 73.4 cm³/mol. The quantitative estimate of drug-likeness (QED) is 0.729. The molecule has 1 N–H and O–H groups in total. The maximum atomic E-state index is 10.6. The lowest BCUT2D eigenvalue weighted by Gasteiger charge is -2.43. The summed E-state index contributed by atoms with van der Waals surface area (Å²) in [5.74, 6) is 0. The van der Waals surface area contributed by atoms with Crippen molar-refractivity contribution < 1.29 is 4.89 Å². The Kier molecular flexibility index (Phi) is 7.04. The monoisotopic (exact) mass is 248 g/mol. The Morgan fingerprint density at radius 2 is 0.812 bits per heavy atom. The molecule has 0 aliphatic carbocycles. The molecule has 3 nitrogen and oxygen atoms in total. The standard InChI is InChI=1S/C12H29N2OP/c1-9(2)13(10(3)4)16(15)14(11(5)6)12(7)8/h9-12,15H,1-8H3. The molecule has 0 saturated carbocycles. The van der Waals surface area contributed by atoms with E-state index in [0.717, 1.165) is 0 Å². The van der Waals surface area contributed by atoms with E-state index in [9.17, 15) is 4.89 Å². The van der Waals surface area contributed by atoms with Crippen LogP contribution in [0.2, 0.25) is 0 Å². The van der Waals surface area contributed by atoms with Crippen molar-refractivity contribution in [2.24, 2.45) is 0 Å². The van der Waals surface area contributed by atoms with Crippen LogP contribution in [0.1, 0.15) is 55.4 Å². The van der Waals surface area contributed by atoms with Gasteiger partial charge in [0.05, 0.1) is 0 Å². The van der Waals surface area contributed by atoms with Gasteiger partial charge in [0.2, 0.25) is 0 Å². The number of rotatable bonds is 6. The molecular formula is C12H29N2OP. The highest BCUT2D eigenvalue weighted by atomic mass is 31.2. The molecule has 4 heteroatoms. The normalized spacial score (nSPS) is 13.5. The van der Waals surface area contributed by atoms with Gasteiger partial charge in [0.25, 0.3) is 0 Å². The van der Waals surface area contributed by atoms with Crippen LogP contribution in [-0.4, -0.2) is 38.4 Å². The molecule has 0 rings (SSSR count). The van der Waals surface area contributed by atoms with Crippen molar-refractivity contribution in [2.75, 3.05) is 0 Å². The molecule has 0 atom stereocenters. The van der Waals surface area contributed by atoms with E-state index in [4.69, 9.17) is 0 Å².